The smallest absolute Gasteiger partial charge is 0.239 e. The lowest BCUT2D eigenvalue weighted by Crippen LogP contribution is -2.39. The molecule has 3 aromatic rings. The molecule has 0 N–H and O–H groups in total. The Hall–Kier alpha value is -2.00. The molecule has 30 heavy (non-hydrogen) atoms. The van der Waals surface area contributed by atoms with Crippen LogP contribution in [0, 0.1) is 5.82 Å². The van der Waals surface area contributed by atoms with Crippen LogP contribution in [0.4, 0.5) is 9.52 Å². The number of morpholine rings is 1. The minimum atomic E-state index is -0.352. The molecule has 0 atom stereocenters. The fourth-order valence-electron chi connectivity index (χ4n) is 3.36. The van der Waals surface area contributed by atoms with Gasteiger partial charge in [0.05, 0.1) is 23.7 Å². The van der Waals surface area contributed by atoms with Crippen LogP contribution in [0.2, 0.25) is 0 Å². The Morgan fingerprint density at radius 1 is 1.17 bits per heavy atom. The summed E-state index contributed by atoms with van der Waals surface area (Å²) in [5.74, 6) is -0.0420. The maximum atomic E-state index is 14.1. The topological polar surface area (TPSA) is 45.7 Å². The number of fused-ring (bicyclic) bond motifs is 1. The zero-order valence-corrected chi connectivity index (χ0v) is 18.3. The fraction of sp³-hybridized carbons (Fsp3) is 0.364. The van der Waals surface area contributed by atoms with Gasteiger partial charge in [0.25, 0.3) is 0 Å². The van der Waals surface area contributed by atoms with Gasteiger partial charge in [-0.25, -0.2) is 9.37 Å². The number of thiazole rings is 1. The summed E-state index contributed by atoms with van der Waals surface area (Å²) >= 11 is 2.87. The van der Waals surface area contributed by atoms with Crippen LogP contribution in [0.1, 0.15) is 6.42 Å². The van der Waals surface area contributed by atoms with E-state index in [1.165, 1.54) is 29.2 Å². The second-order valence-electron chi connectivity index (χ2n) is 7.04. The summed E-state index contributed by atoms with van der Waals surface area (Å²) in [6, 6.07) is 14.8. The molecule has 0 aliphatic carbocycles. The SMILES string of the molecule is O=C(CSc1ccccc1)N(CCCN1CCOCC1)c1nc2c(F)cccc2s1. The van der Waals surface area contributed by atoms with Crippen LogP contribution in [-0.4, -0.2) is 60.9 Å². The predicted octanol–water partition coefficient (Wildman–Crippen LogP) is 4.28. The first-order valence-corrected chi connectivity index (χ1v) is 11.8. The zero-order valence-electron chi connectivity index (χ0n) is 16.6. The summed E-state index contributed by atoms with van der Waals surface area (Å²) in [7, 11) is 0. The summed E-state index contributed by atoms with van der Waals surface area (Å²) in [6.07, 6.45) is 0.833. The highest BCUT2D eigenvalue weighted by Gasteiger charge is 2.21. The standard InChI is InChI=1S/C22H24FN3O2S2/c23-18-8-4-9-19-21(18)24-22(30-19)26(11-5-10-25-12-14-28-15-13-25)20(27)16-29-17-6-2-1-3-7-17/h1-4,6-9H,5,10-16H2. The lowest BCUT2D eigenvalue weighted by atomic mass is 10.3. The minimum absolute atomic E-state index is 0.00899. The molecule has 0 radical (unpaired) electrons. The molecular formula is C22H24FN3O2S2. The number of carbonyl (C=O) groups excluding carboxylic acids is 1. The molecule has 1 amide bonds. The summed E-state index contributed by atoms with van der Waals surface area (Å²) in [5.41, 5.74) is 0.333. The van der Waals surface area contributed by atoms with Gasteiger partial charge in [0.1, 0.15) is 11.3 Å². The van der Waals surface area contributed by atoms with E-state index in [1.54, 1.807) is 11.0 Å². The van der Waals surface area contributed by atoms with Crippen molar-refractivity contribution in [3.63, 3.8) is 0 Å². The number of halogens is 1. The Balaban J connectivity index is 1.47. The number of nitrogens with zero attached hydrogens (tertiary/aromatic N) is 3. The normalized spacial score (nSPS) is 14.8. The number of hydrogen-bond acceptors (Lipinski definition) is 6. The lowest BCUT2D eigenvalue weighted by molar-refractivity contribution is -0.116. The van der Waals surface area contributed by atoms with Crippen molar-refractivity contribution in [1.29, 1.82) is 0 Å². The quantitative estimate of drug-likeness (QED) is 0.484. The van der Waals surface area contributed by atoms with Gasteiger partial charge in [-0.05, 0) is 30.7 Å². The molecule has 0 spiro atoms. The van der Waals surface area contributed by atoms with Crippen LogP contribution >= 0.6 is 23.1 Å². The second-order valence-corrected chi connectivity index (χ2v) is 9.10. The number of aromatic nitrogens is 1. The van der Waals surface area contributed by atoms with Crippen LogP contribution in [0.3, 0.4) is 0 Å². The Morgan fingerprint density at radius 3 is 2.73 bits per heavy atom. The molecule has 1 aliphatic rings. The van der Waals surface area contributed by atoms with Crippen molar-refractivity contribution in [2.75, 3.05) is 50.0 Å². The van der Waals surface area contributed by atoms with Gasteiger partial charge in [-0.1, -0.05) is 35.6 Å². The van der Waals surface area contributed by atoms with E-state index < -0.39 is 0 Å². The molecule has 1 saturated heterocycles. The summed E-state index contributed by atoms with van der Waals surface area (Å²) in [4.78, 5) is 22.7. The van der Waals surface area contributed by atoms with Crippen molar-refractivity contribution in [2.45, 2.75) is 11.3 Å². The Bertz CT molecular complexity index is 977. The van der Waals surface area contributed by atoms with E-state index in [0.717, 1.165) is 48.9 Å². The Morgan fingerprint density at radius 2 is 1.97 bits per heavy atom. The number of para-hydroxylation sites is 1. The maximum Gasteiger partial charge on any atom is 0.239 e. The molecule has 1 fully saturated rings. The Kier molecular flexibility index (Phi) is 7.33. The number of thioether (sulfide) groups is 1. The summed E-state index contributed by atoms with van der Waals surface area (Å²) < 4.78 is 20.3. The number of amides is 1. The highest BCUT2D eigenvalue weighted by atomic mass is 32.2. The average Bonchev–Trinajstić information content (AvgIpc) is 3.22. The first kappa shape index (κ1) is 21.2. The molecule has 8 heteroatoms. The van der Waals surface area contributed by atoms with Crippen LogP contribution < -0.4 is 4.90 Å². The highest BCUT2D eigenvalue weighted by molar-refractivity contribution is 8.00. The van der Waals surface area contributed by atoms with Crippen LogP contribution in [0.15, 0.2) is 53.4 Å². The monoisotopic (exact) mass is 445 g/mol. The highest BCUT2D eigenvalue weighted by Crippen LogP contribution is 2.31. The van der Waals surface area contributed by atoms with Gasteiger partial charge in [-0.3, -0.25) is 14.6 Å². The number of carbonyl (C=O) groups is 1. The third kappa shape index (κ3) is 5.37. The van der Waals surface area contributed by atoms with Crippen molar-refractivity contribution in [1.82, 2.24) is 9.88 Å². The van der Waals surface area contributed by atoms with Crippen molar-refractivity contribution >= 4 is 44.4 Å². The van der Waals surface area contributed by atoms with Crippen LogP contribution in [0.5, 0.6) is 0 Å². The summed E-state index contributed by atoms with van der Waals surface area (Å²) in [6.45, 7) is 4.82. The van der Waals surface area contributed by atoms with E-state index in [-0.39, 0.29) is 11.7 Å². The molecule has 2 heterocycles. The van der Waals surface area contributed by atoms with Crippen molar-refractivity contribution in [3.8, 4) is 0 Å². The molecular weight excluding hydrogens is 421 g/mol. The van der Waals surface area contributed by atoms with Gasteiger partial charge in [0.15, 0.2) is 5.13 Å². The average molecular weight is 446 g/mol. The van der Waals surface area contributed by atoms with E-state index >= 15 is 0 Å². The van der Waals surface area contributed by atoms with Gasteiger partial charge < -0.3 is 4.74 Å². The number of ether oxygens (including phenoxy) is 1. The molecule has 1 aliphatic heterocycles. The molecule has 1 aromatic heterocycles. The van der Waals surface area contributed by atoms with Gasteiger partial charge in [0.2, 0.25) is 5.91 Å². The van der Waals surface area contributed by atoms with E-state index in [4.69, 9.17) is 4.74 Å². The fourth-order valence-corrected chi connectivity index (χ4v) is 5.18. The lowest BCUT2D eigenvalue weighted by Gasteiger charge is -2.27. The Labute approximate surface area is 183 Å². The second kappa shape index (κ2) is 10.3. The largest absolute Gasteiger partial charge is 0.379 e. The molecule has 0 unspecified atom stereocenters. The van der Waals surface area contributed by atoms with Crippen LogP contribution in [0.25, 0.3) is 10.2 Å². The number of anilines is 1. The van der Waals surface area contributed by atoms with Crippen LogP contribution in [-0.2, 0) is 9.53 Å². The summed E-state index contributed by atoms with van der Waals surface area (Å²) in [5, 5.41) is 0.565. The number of rotatable bonds is 8. The number of benzene rings is 2. The van der Waals surface area contributed by atoms with E-state index in [0.29, 0.717) is 22.9 Å². The van der Waals surface area contributed by atoms with Gasteiger partial charge in [0, 0.05) is 31.1 Å². The van der Waals surface area contributed by atoms with E-state index in [9.17, 15) is 9.18 Å². The van der Waals surface area contributed by atoms with Crippen molar-refractivity contribution in [3.05, 3.63) is 54.3 Å². The molecule has 0 saturated carbocycles. The van der Waals surface area contributed by atoms with E-state index in [1.807, 2.05) is 36.4 Å². The first-order valence-electron chi connectivity index (χ1n) is 10.0. The molecule has 5 nitrogen and oxygen atoms in total. The van der Waals surface area contributed by atoms with E-state index in [2.05, 4.69) is 9.88 Å². The third-order valence-corrected chi connectivity index (χ3v) is 7.00. The van der Waals surface area contributed by atoms with Crippen molar-refractivity contribution < 1.29 is 13.9 Å². The molecule has 158 valence electrons. The van der Waals surface area contributed by atoms with Gasteiger partial charge in [-0.2, -0.15) is 0 Å². The van der Waals surface area contributed by atoms with Crippen molar-refractivity contribution in [2.24, 2.45) is 0 Å². The van der Waals surface area contributed by atoms with Gasteiger partial charge >= 0.3 is 0 Å². The maximum absolute atomic E-state index is 14.1. The van der Waals surface area contributed by atoms with Gasteiger partial charge in [-0.15, -0.1) is 11.8 Å². The molecule has 4 rings (SSSR count). The number of hydrogen-bond donors (Lipinski definition) is 0. The zero-order chi connectivity index (χ0) is 20.8. The molecule has 2 aromatic carbocycles. The minimum Gasteiger partial charge on any atom is -0.379 e. The first-order chi connectivity index (χ1) is 14.7. The third-order valence-electron chi connectivity index (χ3n) is 4.96. The predicted molar refractivity (Wildman–Crippen MR) is 121 cm³/mol. The molecule has 0 bridgehead atoms.